The molecule has 0 aliphatic carbocycles. The number of halogens is 3. The maximum absolute atomic E-state index is 12.6. The van der Waals surface area contributed by atoms with Gasteiger partial charge in [0.05, 0.1) is 5.60 Å². The standard InChI is InChI=1S/C9H18F3N3O2/c1-8(2,16)5-15(3)4-6(7(13)14-17)9(10,11)12/h6,16-17H,4-5H2,1-3H3,(H2,13,14). The van der Waals surface area contributed by atoms with E-state index in [9.17, 15) is 18.3 Å². The molecule has 0 bridgehead atoms. The smallest absolute Gasteiger partial charge is 0.400 e. The van der Waals surface area contributed by atoms with Gasteiger partial charge < -0.3 is 20.9 Å². The summed E-state index contributed by atoms with van der Waals surface area (Å²) in [5.41, 5.74) is 3.89. The molecule has 0 aromatic rings. The maximum atomic E-state index is 12.6. The molecule has 0 aromatic carbocycles. The van der Waals surface area contributed by atoms with Crippen LogP contribution >= 0.6 is 0 Å². The van der Waals surface area contributed by atoms with Crippen molar-refractivity contribution in [1.29, 1.82) is 0 Å². The molecule has 102 valence electrons. The summed E-state index contributed by atoms with van der Waals surface area (Å²) in [5.74, 6) is -2.94. The fourth-order valence-electron chi connectivity index (χ4n) is 1.47. The van der Waals surface area contributed by atoms with Crippen LogP contribution in [-0.2, 0) is 0 Å². The van der Waals surface area contributed by atoms with E-state index in [4.69, 9.17) is 10.9 Å². The van der Waals surface area contributed by atoms with E-state index in [1.807, 2.05) is 0 Å². The van der Waals surface area contributed by atoms with Gasteiger partial charge in [-0.25, -0.2) is 0 Å². The van der Waals surface area contributed by atoms with Gasteiger partial charge in [0.15, 0.2) is 5.84 Å². The van der Waals surface area contributed by atoms with Crippen LogP contribution in [0.15, 0.2) is 5.16 Å². The zero-order chi connectivity index (χ0) is 13.9. The fraction of sp³-hybridized carbons (Fsp3) is 0.889. The minimum absolute atomic E-state index is 0.0400. The van der Waals surface area contributed by atoms with Crippen molar-refractivity contribution in [2.75, 3.05) is 20.1 Å². The first kappa shape index (κ1) is 16.0. The van der Waals surface area contributed by atoms with E-state index >= 15 is 0 Å². The lowest BCUT2D eigenvalue weighted by Gasteiger charge is -2.29. The van der Waals surface area contributed by atoms with Gasteiger partial charge in [0.25, 0.3) is 0 Å². The number of amidine groups is 1. The SMILES string of the molecule is CN(CC(C(N)=NO)C(F)(F)F)CC(C)(C)O. The third-order valence-corrected chi connectivity index (χ3v) is 2.02. The number of oxime groups is 1. The molecule has 0 radical (unpaired) electrons. The van der Waals surface area contributed by atoms with Gasteiger partial charge in [-0.15, -0.1) is 0 Å². The fourth-order valence-corrected chi connectivity index (χ4v) is 1.47. The van der Waals surface area contributed by atoms with Crippen molar-refractivity contribution >= 4 is 5.84 Å². The van der Waals surface area contributed by atoms with Crippen LogP contribution in [0.5, 0.6) is 0 Å². The van der Waals surface area contributed by atoms with Gasteiger partial charge in [-0.05, 0) is 20.9 Å². The van der Waals surface area contributed by atoms with Gasteiger partial charge in [-0.3, -0.25) is 0 Å². The first-order chi connectivity index (χ1) is 7.47. The minimum atomic E-state index is -4.59. The first-order valence-corrected chi connectivity index (χ1v) is 4.92. The molecule has 1 unspecified atom stereocenters. The number of nitrogens with two attached hydrogens (primary N) is 1. The Hall–Kier alpha value is -1.02. The van der Waals surface area contributed by atoms with Crippen molar-refractivity contribution in [3.63, 3.8) is 0 Å². The monoisotopic (exact) mass is 257 g/mol. The van der Waals surface area contributed by atoms with Crippen LogP contribution in [0.2, 0.25) is 0 Å². The lowest BCUT2D eigenvalue weighted by Crippen LogP contribution is -2.46. The lowest BCUT2D eigenvalue weighted by atomic mass is 10.1. The van der Waals surface area contributed by atoms with E-state index in [0.717, 1.165) is 0 Å². The molecular formula is C9H18F3N3O2. The predicted octanol–water partition coefficient (Wildman–Crippen LogP) is 0.614. The van der Waals surface area contributed by atoms with Crippen LogP contribution in [0.3, 0.4) is 0 Å². The van der Waals surface area contributed by atoms with Crippen LogP contribution in [0, 0.1) is 5.92 Å². The molecule has 0 spiro atoms. The summed E-state index contributed by atoms with van der Waals surface area (Å²) in [6.07, 6.45) is -4.59. The Morgan fingerprint density at radius 2 is 1.88 bits per heavy atom. The second kappa shape index (κ2) is 5.54. The summed E-state index contributed by atoms with van der Waals surface area (Å²) in [7, 11) is 1.42. The molecule has 0 fully saturated rings. The van der Waals surface area contributed by atoms with Crippen molar-refractivity contribution in [2.45, 2.75) is 25.6 Å². The summed E-state index contributed by atoms with van der Waals surface area (Å²) >= 11 is 0. The summed E-state index contributed by atoms with van der Waals surface area (Å²) in [6, 6.07) is 0. The predicted molar refractivity (Wildman–Crippen MR) is 56.7 cm³/mol. The molecule has 0 saturated carbocycles. The van der Waals surface area contributed by atoms with Gasteiger partial charge in [0.1, 0.15) is 5.92 Å². The van der Waals surface area contributed by atoms with E-state index in [-0.39, 0.29) is 6.54 Å². The molecular weight excluding hydrogens is 239 g/mol. The molecule has 0 aromatic heterocycles. The van der Waals surface area contributed by atoms with E-state index < -0.39 is 30.1 Å². The second-order valence-corrected chi connectivity index (χ2v) is 4.63. The topological polar surface area (TPSA) is 82.1 Å². The van der Waals surface area contributed by atoms with Gasteiger partial charge in [-0.2, -0.15) is 13.2 Å². The third kappa shape index (κ3) is 6.32. The highest BCUT2D eigenvalue weighted by molar-refractivity contribution is 5.83. The van der Waals surface area contributed by atoms with Crippen LogP contribution in [0.1, 0.15) is 13.8 Å². The molecule has 8 heteroatoms. The largest absolute Gasteiger partial charge is 0.409 e. The highest BCUT2D eigenvalue weighted by atomic mass is 19.4. The van der Waals surface area contributed by atoms with Crippen molar-refractivity contribution in [2.24, 2.45) is 16.8 Å². The Balaban J connectivity index is 4.67. The Bertz CT molecular complexity index is 274. The third-order valence-electron chi connectivity index (χ3n) is 2.02. The summed E-state index contributed by atoms with van der Waals surface area (Å²) in [5, 5.41) is 20.2. The second-order valence-electron chi connectivity index (χ2n) is 4.63. The van der Waals surface area contributed by atoms with Crippen LogP contribution in [-0.4, -0.2) is 53.0 Å². The number of rotatable bonds is 5. The van der Waals surface area contributed by atoms with Gasteiger partial charge in [0, 0.05) is 13.1 Å². The number of hydrogen-bond donors (Lipinski definition) is 3. The molecule has 0 amide bonds. The van der Waals surface area contributed by atoms with Gasteiger partial charge in [-0.1, -0.05) is 5.16 Å². The highest BCUT2D eigenvalue weighted by Gasteiger charge is 2.43. The summed E-state index contributed by atoms with van der Waals surface area (Å²) < 4.78 is 37.8. The molecule has 1 atom stereocenters. The van der Waals surface area contributed by atoms with Crippen molar-refractivity contribution < 1.29 is 23.5 Å². The average Bonchev–Trinajstić information content (AvgIpc) is 2.08. The molecule has 0 aliphatic heterocycles. The molecule has 4 N–H and O–H groups in total. The number of hydrogen-bond acceptors (Lipinski definition) is 4. The Kier molecular flexibility index (Phi) is 5.21. The Morgan fingerprint density at radius 3 is 2.18 bits per heavy atom. The molecule has 0 saturated heterocycles. The lowest BCUT2D eigenvalue weighted by molar-refractivity contribution is -0.160. The average molecular weight is 257 g/mol. The Labute approximate surface area is 97.7 Å². The van der Waals surface area contributed by atoms with E-state index in [1.54, 1.807) is 0 Å². The normalized spacial score (nSPS) is 16.4. The van der Waals surface area contributed by atoms with Crippen LogP contribution in [0.4, 0.5) is 13.2 Å². The van der Waals surface area contributed by atoms with Crippen molar-refractivity contribution in [3.8, 4) is 0 Å². The zero-order valence-electron chi connectivity index (χ0n) is 9.99. The molecule has 0 aliphatic rings. The highest BCUT2D eigenvalue weighted by Crippen LogP contribution is 2.27. The number of likely N-dealkylation sites (N-methyl/N-ethyl adjacent to an activating group) is 1. The molecule has 17 heavy (non-hydrogen) atoms. The minimum Gasteiger partial charge on any atom is -0.409 e. The van der Waals surface area contributed by atoms with Gasteiger partial charge in [0.2, 0.25) is 0 Å². The van der Waals surface area contributed by atoms with Crippen LogP contribution < -0.4 is 5.73 Å². The van der Waals surface area contributed by atoms with Crippen LogP contribution in [0.25, 0.3) is 0 Å². The molecule has 5 nitrogen and oxygen atoms in total. The van der Waals surface area contributed by atoms with E-state index in [1.165, 1.54) is 25.8 Å². The maximum Gasteiger partial charge on any atom is 0.400 e. The number of nitrogens with zero attached hydrogens (tertiary/aromatic N) is 2. The zero-order valence-corrected chi connectivity index (χ0v) is 9.99. The summed E-state index contributed by atoms with van der Waals surface area (Å²) in [6.45, 7) is 2.52. The molecule has 0 rings (SSSR count). The number of aliphatic hydroxyl groups is 1. The van der Waals surface area contributed by atoms with Crippen molar-refractivity contribution in [3.05, 3.63) is 0 Å². The van der Waals surface area contributed by atoms with E-state index in [2.05, 4.69) is 5.16 Å². The Morgan fingerprint density at radius 1 is 1.41 bits per heavy atom. The van der Waals surface area contributed by atoms with E-state index in [0.29, 0.717) is 0 Å². The van der Waals surface area contributed by atoms with Crippen molar-refractivity contribution in [1.82, 2.24) is 4.90 Å². The molecule has 0 heterocycles. The van der Waals surface area contributed by atoms with Gasteiger partial charge >= 0.3 is 6.18 Å². The summed E-state index contributed by atoms with van der Waals surface area (Å²) in [4.78, 5) is 1.27. The quantitative estimate of drug-likeness (QED) is 0.292. The first-order valence-electron chi connectivity index (χ1n) is 4.92. The number of alkyl halides is 3.